The Balaban J connectivity index is 1.71. The van der Waals surface area contributed by atoms with Crippen molar-refractivity contribution >= 4 is 45.5 Å². The van der Waals surface area contributed by atoms with Crippen LogP contribution in [0.4, 0.5) is 0 Å². The van der Waals surface area contributed by atoms with E-state index in [2.05, 4.69) is 29.1 Å². The lowest BCUT2D eigenvalue weighted by molar-refractivity contribution is -0.153. The molecule has 188 valence electrons. The van der Waals surface area contributed by atoms with Gasteiger partial charge in [0.05, 0.1) is 16.6 Å². The largest absolute Gasteiger partial charge is 0.461 e. The molecule has 3 fully saturated rings. The van der Waals surface area contributed by atoms with Crippen LogP contribution in [0.2, 0.25) is 0 Å². The molecule has 0 aromatic heterocycles. The molecular formula is C26H31BrN2O5S. The summed E-state index contributed by atoms with van der Waals surface area (Å²) >= 11 is 5.31. The van der Waals surface area contributed by atoms with Crippen molar-refractivity contribution in [2.45, 2.75) is 40.3 Å². The number of esters is 1. The van der Waals surface area contributed by atoms with E-state index in [0.29, 0.717) is 25.9 Å². The highest BCUT2D eigenvalue weighted by atomic mass is 79.9. The molecule has 2 bridgehead atoms. The SMILES string of the molecule is C=CCOC(=O)[C@H]1[C@@H]2SC3(CC2Br)C(C(=O)N(CC=C)Cc2ccccc2)N(CCCO)C(=O)[C@H]13. The zero-order chi connectivity index (χ0) is 25.2. The fraction of sp³-hybridized carbons (Fsp3) is 0.500. The van der Waals surface area contributed by atoms with Gasteiger partial charge in [0.25, 0.3) is 0 Å². The molecule has 3 aliphatic heterocycles. The molecule has 0 radical (unpaired) electrons. The Bertz CT molecular complexity index is 991. The van der Waals surface area contributed by atoms with Crippen LogP contribution in [0.1, 0.15) is 18.4 Å². The number of hydrogen-bond donors (Lipinski definition) is 1. The number of halogens is 1. The number of benzene rings is 1. The number of fused-ring (bicyclic) bond motifs is 1. The number of likely N-dealkylation sites (tertiary alicyclic amines) is 1. The predicted octanol–water partition coefficient (Wildman–Crippen LogP) is 2.78. The number of alkyl halides is 1. The fourth-order valence-electron chi connectivity index (χ4n) is 5.76. The van der Waals surface area contributed by atoms with Crippen molar-refractivity contribution in [2.24, 2.45) is 11.8 Å². The van der Waals surface area contributed by atoms with Crippen molar-refractivity contribution in [1.29, 1.82) is 0 Å². The molecular weight excluding hydrogens is 532 g/mol. The van der Waals surface area contributed by atoms with E-state index in [4.69, 9.17) is 4.74 Å². The highest BCUT2D eigenvalue weighted by Crippen LogP contribution is 2.68. The first-order valence-corrected chi connectivity index (χ1v) is 13.6. The lowest BCUT2D eigenvalue weighted by atomic mass is 9.71. The number of rotatable bonds is 11. The smallest absolute Gasteiger partial charge is 0.311 e. The van der Waals surface area contributed by atoms with Crippen LogP contribution in [-0.2, 0) is 25.7 Å². The average Bonchev–Trinajstić information content (AvgIpc) is 3.44. The molecule has 0 saturated carbocycles. The molecule has 3 heterocycles. The van der Waals surface area contributed by atoms with E-state index >= 15 is 0 Å². The second-order valence-electron chi connectivity index (χ2n) is 9.18. The summed E-state index contributed by atoms with van der Waals surface area (Å²) in [5, 5.41) is 9.34. The van der Waals surface area contributed by atoms with E-state index in [0.717, 1.165) is 5.56 Å². The standard InChI is InChI=1S/C26H31BrN2O5S/c1-3-11-28(16-17-9-6-5-7-10-17)24(32)22-26-15-18(27)21(35-26)19(25(33)34-14-4-2)20(26)23(31)29(22)12-8-13-30/h3-7,9-10,18-22,30H,1-2,8,11-16H2/t18?,19-,20+,21-,22?,26?/m1/s1. The number of amides is 2. The van der Waals surface area contributed by atoms with Crippen molar-refractivity contribution in [3.05, 3.63) is 61.2 Å². The lowest BCUT2D eigenvalue weighted by Gasteiger charge is -2.37. The number of aliphatic hydroxyl groups is 1. The zero-order valence-corrected chi connectivity index (χ0v) is 22.0. The van der Waals surface area contributed by atoms with E-state index in [9.17, 15) is 19.5 Å². The predicted molar refractivity (Wildman–Crippen MR) is 139 cm³/mol. The number of thioether (sulfide) groups is 1. The van der Waals surface area contributed by atoms with Gasteiger partial charge in [-0.25, -0.2) is 0 Å². The number of nitrogens with zero attached hydrogens (tertiary/aromatic N) is 2. The van der Waals surface area contributed by atoms with Crippen molar-refractivity contribution in [3.63, 3.8) is 0 Å². The third kappa shape index (κ3) is 4.58. The molecule has 0 aliphatic carbocycles. The highest BCUT2D eigenvalue weighted by molar-refractivity contribution is 9.09. The van der Waals surface area contributed by atoms with Crippen LogP contribution in [0.3, 0.4) is 0 Å². The quantitative estimate of drug-likeness (QED) is 0.253. The summed E-state index contributed by atoms with van der Waals surface area (Å²) in [6.07, 6.45) is 4.15. The molecule has 9 heteroatoms. The number of hydrogen-bond acceptors (Lipinski definition) is 6. The molecule has 6 atom stereocenters. The third-order valence-corrected chi connectivity index (χ3v) is 10.3. The van der Waals surface area contributed by atoms with Crippen molar-refractivity contribution in [2.75, 3.05) is 26.3 Å². The third-order valence-electron chi connectivity index (χ3n) is 7.07. The van der Waals surface area contributed by atoms with Gasteiger partial charge in [-0.2, -0.15) is 0 Å². The minimum Gasteiger partial charge on any atom is -0.461 e. The van der Waals surface area contributed by atoms with Gasteiger partial charge in [-0.15, -0.1) is 18.3 Å². The van der Waals surface area contributed by atoms with Gasteiger partial charge in [0.15, 0.2) is 0 Å². The van der Waals surface area contributed by atoms with Gasteiger partial charge in [0.1, 0.15) is 12.6 Å². The second kappa shape index (κ2) is 10.9. The van der Waals surface area contributed by atoms with Gasteiger partial charge in [-0.3, -0.25) is 14.4 Å². The maximum atomic E-state index is 14.2. The van der Waals surface area contributed by atoms with Crippen LogP contribution in [-0.4, -0.2) is 79.9 Å². The molecule has 35 heavy (non-hydrogen) atoms. The fourth-order valence-corrected chi connectivity index (χ4v) is 9.36. The van der Waals surface area contributed by atoms with Crippen LogP contribution in [0.5, 0.6) is 0 Å². The highest BCUT2D eigenvalue weighted by Gasteiger charge is 2.76. The van der Waals surface area contributed by atoms with Crippen molar-refractivity contribution < 1.29 is 24.2 Å². The Labute approximate surface area is 218 Å². The summed E-state index contributed by atoms with van der Waals surface area (Å²) in [6.45, 7) is 8.41. The Morgan fingerprint density at radius 2 is 2.03 bits per heavy atom. The van der Waals surface area contributed by atoms with Crippen LogP contribution >= 0.6 is 27.7 Å². The van der Waals surface area contributed by atoms with E-state index in [-0.39, 0.29) is 41.6 Å². The molecule has 3 saturated heterocycles. The average molecular weight is 564 g/mol. The van der Waals surface area contributed by atoms with Gasteiger partial charge < -0.3 is 19.6 Å². The van der Waals surface area contributed by atoms with Gasteiger partial charge in [-0.1, -0.05) is 65.0 Å². The van der Waals surface area contributed by atoms with E-state index in [1.165, 1.54) is 6.08 Å². The Hall–Kier alpha value is -2.10. The molecule has 4 rings (SSSR count). The maximum Gasteiger partial charge on any atom is 0.311 e. The number of aliphatic hydroxyl groups excluding tert-OH is 1. The van der Waals surface area contributed by atoms with Crippen LogP contribution in [0.15, 0.2) is 55.6 Å². The molecule has 7 nitrogen and oxygen atoms in total. The van der Waals surface area contributed by atoms with Gasteiger partial charge in [0.2, 0.25) is 11.8 Å². The summed E-state index contributed by atoms with van der Waals surface area (Å²) in [7, 11) is 0. The van der Waals surface area contributed by atoms with Crippen LogP contribution < -0.4 is 0 Å². The van der Waals surface area contributed by atoms with E-state index < -0.39 is 28.6 Å². The van der Waals surface area contributed by atoms with Crippen LogP contribution in [0.25, 0.3) is 0 Å². The molecule has 3 unspecified atom stereocenters. The van der Waals surface area contributed by atoms with Crippen LogP contribution in [0, 0.1) is 11.8 Å². The van der Waals surface area contributed by atoms with Gasteiger partial charge in [0, 0.05) is 36.3 Å². The first kappa shape index (κ1) is 26.0. The molecule has 1 aromatic carbocycles. The summed E-state index contributed by atoms with van der Waals surface area (Å²) in [4.78, 5) is 44.4. The first-order valence-electron chi connectivity index (χ1n) is 11.8. The van der Waals surface area contributed by atoms with Gasteiger partial charge >= 0.3 is 5.97 Å². The van der Waals surface area contributed by atoms with E-state index in [1.807, 2.05) is 30.3 Å². The molecule has 1 N–H and O–H groups in total. The van der Waals surface area contributed by atoms with Crippen molar-refractivity contribution in [1.82, 2.24) is 9.80 Å². The summed E-state index contributed by atoms with van der Waals surface area (Å²) in [6, 6.07) is 8.97. The number of ether oxygens (including phenoxy) is 1. The number of carbonyl (C=O) groups is 3. The molecule has 1 aromatic rings. The topological polar surface area (TPSA) is 87.2 Å². The second-order valence-corrected chi connectivity index (χ2v) is 11.9. The molecule has 3 aliphatic rings. The minimum absolute atomic E-state index is 0.0205. The maximum absolute atomic E-state index is 14.2. The van der Waals surface area contributed by atoms with Gasteiger partial charge in [-0.05, 0) is 18.4 Å². The number of carbonyl (C=O) groups excluding carboxylic acids is 3. The zero-order valence-electron chi connectivity index (χ0n) is 19.6. The summed E-state index contributed by atoms with van der Waals surface area (Å²) < 4.78 is 4.66. The summed E-state index contributed by atoms with van der Waals surface area (Å²) in [5.74, 6) is -2.06. The Morgan fingerprint density at radius 3 is 2.69 bits per heavy atom. The Kier molecular flexibility index (Phi) is 8.08. The first-order chi connectivity index (χ1) is 16.9. The molecule has 2 amide bonds. The van der Waals surface area contributed by atoms with E-state index in [1.54, 1.807) is 27.6 Å². The lowest BCUT2D eigenvalue weighted by Crippen LogP contribution is -2.55. The summed E-state index contributed by atoms with van der Waals surface area (Å²) in [5.41, 5.74) is 0.982. The molecule has 1 spiro atoms. The normalized spacial score (nSPS) is 30.7. The van der Waals surface area contributed by atoms with Crippen molar-refractivity contribution in [3.8, 4) is 0 Å². The minimum atomic E-state index is -0.740. The Morgan fingerprint density at radius 1 is 1.29 bits per heavy atom. The monoisotopic (exact) mass is 562 g/mol.